The van der Waals surface area contributed by atoms with Crippen molar-refractivity contribution in [3.63, 3.8) is 0 Å². The highest BCUT2D eigenvalue weighted by molar-refractivity contribution is 7.84. The molecule has 0 aromatic heterocycles. The largest absolute Gasteiger partial charge is 0.333 e. The molecule has 0 bridgehead atoms. The standard InChI is InChI=1S/C8H18N2O3S/c9-14(11,12)13-7-3-1-2-6-10-8-4-5-8/h8,10H,1-7H2,(H2,9,11,12). The van der Waals surface area contributed by atoms with Crippen LogP contribution in [-0.4, -0.2) is 27.6 Å². The summed E-state index contributed by atoms with van der Waals surface area (Å²) in [6, 6.07) is 0.746. The first-order valence-corrected chi connectivity index (χ1v) is 6.45. The first-order valence-electron chi connectivity index (χ1n) is 4.98. The van der Waals surface area contributed by atoms with Crippen molar-refractivity contribution in [2.24, 2.45) is 5.14 Å². The van der Waals surface area contributed by atoms with Crippen LogP contribution in [-0.2, 0) is 14.5 Å². The topological polar surface area (TPSA) is 81.4 Å². The summed E-state index contributed by atoms with van der Waals surface area (Å²) in [5, 5.41) is 8.04. The van der Waals surface area contributed by atoms with E-state index in [0.717, 1.165) is 31.8 Å². The van der Waals surface area contributed by atoms with E-state index in [0.29, 0.717) is 0 Å². The number of rotatable bonds is 8. The fourth-order valence-corrected chi connectivity index (χ4v) is 1.52. The van der Waals surface area contributed by atoms with Crippen LogP contribution in [0.1, 0.15) is 32.1 Å². The molecule has 0 heterocycles. The van der Waals surface area contributed by atoms with Gasteiger partial charge in [-0.1, -0.05) is 0 Å². The molecule has 0 aromatic carbocycles. The van der Waals surface area contributed by atoms with Crippen molar-refractivity contribution >= 4 is 10.3 Å². The van der Waals surface area contributed by atoms with Gasteiger partial charge < -0.3 is 5.32 Å². The van der Waals surface area contributed by atoms with E-state index >= 15 is 0 Å². The minimum atomic E-state index is -3.74. The van der Waals surface area contributed by atoms with Crippen molar-refractivity contribution in [1.82, 2.24) is 5.32 Å². The molecule has 1 aliphatic carbocycles. The minimum Gasteiger partial charge on any atom is -0.314 e. The van der Waals surface area contributed by atoms with E-state index in [9.17, 15) is 8.42 Å². The smallest absolute Gasteiger partial charge is 0.314 e. The predicted molar refractivity (Wildman–Crippen MR) is 53.9 cm³/mol. The Kier molecular flexibility index (Phi) is 4.80. The Balaban J connectivity index is 1.79. The molecule has 0 aliphatic heterocycles. The number of hydrogen-bond donors (Lipinski definition) is 2. The van der Waals surface area contributed by atoms with Crippen LogP contribution in [0.25, 0.3) is 0 Å². The molecular weight excluding hydrogens is 204 g/mol. The Morgan fingerprint density at radius 3 is 2.57 bits per heavy atom. The van der Waals surface area contributed by atoms with E-state index in [-0.39, 0.29) is 6.61 Å². The van der Waals surface area contributed by atoms with Crippen molar-refractivity contribution in [1.29, 1.82) is 0 Å². The van der Waals surface area contributed by atoms with Crippen molar-refractivity contribution in [3.8, 4) is 0 Å². The number of unbranched alkanes of at least 4 members (excludes halogenated alkanes) is 2. The second-order valence-corrected chi connectivity index (χ2v) is 4.83. The summed E-state index contributed by atoms with van der Waals surface area (Å²) in [7, 11) is -3.74. The first-order chi connectivity index (χ1) is 6.58. The van der Waals surface area contributed by atoms with Gasteiger partial charge in [-0.2, -0.15) is 8.42 Å². The molecule has 0 saturated heterocycles. The highest BCUT2D eigenvalue weighted by Crippen LogP contribution is 2.18. The third kappa shape index (κ3) is 7.25. The zero-order valence-corrected chi connectivity index (χ0v) is 9.05. The van der Waals surface area contributed by atoms with Gasteiger partial charge in [-0.25, -0.2) is 5.14 Å². The third-order valence-electron chi connectivity index (χ3n) is 2.08. The van der Waals surface area contributed by atoms with Gasteiger partial charge in [-0.15, -0.1) is 0 Å². The van der Waals surface area contributed by atoms with Gasteiger partial charge >= 0.3 is 10.3 Å². The Morgan fingerprint density at radius 1 is 1.29 bits per heavy atom. The minimum absolute atomic E-state index is 0.197. The van der Waals surface area contributed by atoms with Gasteiger partial charge in [0.2, 0.25) is 0 Å². The van der Waals surface area contributed by atoms with Crippen molar-refractivity contribution < 1.29 is 12.6 Å². The lowest BCUT2D eigenvalue weighted by molar-refractivity contribution is 0.307. The fourth-order valence-electron chi connectivity index (χ4n) is 1.17. The molecule has 3 N–H and O–H groups in total. The lowest BCUT2D eigenvalue weighted by atomic mass is 10.2. The van der Waals surface area contributed by atoms with Crippen LogP contribution in [0.3, 0.4) is 0 Å². The predicted octanol–water partition coefficient (Wildman–Crippen LogP) is 0.129. The zero-order valence-electron chi connectivity index (χ0n) is 8.24. The Bertz CT molecular complexity index is 249. The Labute approximate surface area is 85.3 Å². The van der Waals surface area contributed by atoms with Crippen LogP contribution in [0.2, 0.25) is 0 Å². The molecule has 1 fully saturated rings. The molecule has 0 amide bonds. The summed E-state index contributed by atoms with van der Waals surface area (Å²) >= 11 is 0. The molecule has 0 radical (unpaired) electrons. The van der Waals surface area contributed by atoms with Gasteiger partial charge in [0, 0.05) is 6.04 Å². The van der Waals surface area contributed by atoms with Crippen LogP contribution in [0, 0.1) is 0 Å². The molecule has 14 heavy (non-hydrogen) atoms. The summed E-state index contributed by atoms with van der Waals surface area (Å²) in [4.78, 5) is 0. The SMILES string of the molecule is NS(=O)(=O)OCCCCCNC1CC1. The van der Waals surface area contributed by atoms with Gasteiger partial charge in [-0.3, -0.25) is 4.18 Å². The Morgan fingerprint density at radius 2 is 2.00 bits per heavy atom. The van der Waals surface area contributed by atoms with Crippen molar-refractivity contribution in [3.05, 3.63) is 0 Å². The van der Waals surface area contributed by atoms with E-state index in [1.54, 1.807) is 0 Å². The van der Waals surface area contributed by atoms with Crippen molar-refractivity contribution in [2.75, 3.05) is 13.2 Å². The van der Waals surface area contributed by atoms with E-state index in [2.05, 4.69) is 14.6 Å². The normalized spacial score (nSPS) is 17.2. The van der Waals surface area contributed by atoms with Crippen LogP contribution in [0.4, 0.5) is 0 Å². The maximum Gasteiger partial charge on any atom is 0.333 e. The molecule has 1 aliphatic rings. The summed E-state index contributed by atoms with van der Waals surface area (Å²) in [5.74, 6) is 0. The molecular formula is C8H18N2O3S. The number of nitrogens with one attached hydrogen (secondary N) is 1. The summed E-state index contributed by atoms with van der Waals surface area (Å²) in [5.41, 5.74) is 0. The summed E-state index contributed by atoms with van der Waals surface area (Å²) < 4.78 is 25.1. The molecule has 0 unspecified atom stereocenters. The highest BCUT2D eigenvalue weighted by atomic mass is 32.2. The van der Waals surface area contributed by atoms with Gasteiger partial charge in [0.05, 0.1) is 6.61 Å². The third-order valence-corrected chi connectivity index (χ3v) is 2.57. The van der Waals surface area contributed by atoms with Gasteiger partial charge in [0.15, 0.2) is 0 Å². The monoisotopic (exact) mass is 222 g/mol. The Hall–Kier alpha value is -0.170. The lowest BCUT2D eigenvalue weighted by Crippen LogP contribution is -2.18. The average Bonchev–Trinajstić information content (AvgIpc) is 2.84. The molecule has 0 spiro atoms. The maximum absolute atomic E-state index is 10.4. The average molecular weight is 222 g/mol. The molecule has 0 aromatic rings. The van der Waals surface area contributed by atoms with E-state index in [1.165, 1.54) is 12.8 Å². The zero-order chi connectivity index (χ0) is 10.4. The number of hydrogen-bond acceptors (Lipinski definition) is 4. The molecule has 1 saturated carbocycles. The van der Waals surface area contributed by atoms with Gasteiger partial charge in [0.1, 0.15) is 0 Å². The van der Waals surface area contributed by atoms with Crippen LogP contribution >= 0.6 is 0 Å². The quantitative estimate of drug-likeness (QED) is 0.572. The van der Waals surface area contributed by atoms with E-state index in [4.69, 9.17) is 0 Å². The van der Waals surface area contributed by atoms with Crippen molar-refractivity contribution in [2.45, 2.75) is 38.1 Å². The van der Waals surface area contributed by atoms with Crippen LogP contribution < -0.4 is 10.5 Å². The molecule has 0 atom stereocenters. The van der Waals surface area contributed by atoms with Crippen LogP contribution in [0.15, 0.2) is 0 Å². The van der Waals surface area contributed by atoms with Gasteiger partial charge in [0.25, 0.3) is 0 Å². The maximum atomic E-state index is 10.4. The molecule has 6 heteroatoms. The second kappa shape index (κ2) is 5.65. The molecule has 1 rings (SSSR count). The van der Waals surface area contributed by atoms with Gasteiger partial charge in [-0.05, 0) is 38.6 Å². The highest BCUT2D eigenvalue weighted by Gasteiger charge is 2.19. The number of nitrogens with two attached hydrogens (primary N) is 1. The van der Waals surface area contributed by atoms with Crippen LogP contribution in [0.5, 0.6) is 0 Å². The first kappa shape index (κ1) is 11.9. The van der Waals surface area contributed by atoms with E-state index in [1.807, 2.05) is 0 Å². The lowest BCUT2D eigenvalue weighted by Gasteiger charge is -2.02. The van der Waals surface area contributed by atoms with E-state index < -0.39 is 10.3 Å². The summed E-state index contributed by atoms with van der Waals surface area (Å²) in [6.45, 7) is 1.21. The summed E-state index contributed by atoms with van der Waals surface area (Å²) in [6.07, 6.45) is 5.37. The molecule has 84 valence electrons. The molecule has 5 nitrogen and oxygen atoms in total. The fraction of sp³-hybridized carbons (Fsp3) is 1.00. The second-order valence-electron chi connectivity index (χ2n) is 3.60.